The van der Waals surface area contributed by atoms with Crippen LogP contribution in [0, 0.1) is 10.1 Å². The highest BCUT2D eigenvalue weighted by atomic mass is 79.9. The largest absolute Gasteiger partial charge is 0.454 e. The number of nitrogens with zero attached hydrogens (tertiary/aromatic N) is 1. The van der Waals surface area contributed by atoms with E-state index in [0.717, 1.165) is 11.5 Å². The third kappa shape index (κ3) is 3.58. The van der Waals surface area contributed by atoms with E-state index < -0.39 is 23.3 Å². The number of hydrogen-bond acceptors (Lipinski definition) is 6. The molecule has 0 bridgehead atoms. The van der Waals surface area contributed by atoms with Gasteiger partial charge in [-0.15, -0.1) is 0 Å². The molecule has 0 aliphatic heterocycles. The molecule has 3 aromatic rings. The Morgan fingerprint density at radius 3 is 2.64 bits per heavy atom. The van der Waals surface area contributed by atoms with Gasteiger partial charge in [0.25, 0.3) is 5.69 Å². The van der Waals surface area contributed by atoms with Crippen molar-refractivity contribution in [2.24, 2.45) is 0 Å². The predicted octanol–water partition coefficient (Wildman–Crippen LogP) is 4.14. The van der Waals surface area contributed by atoms with Gasteiger partial charge in [0.2, 0.25) is 5.78 Å². The summed E-state index contributed by atoms with van der Waals surface area (Å²) < 4.78 is 10.6. The zero-order valence-corrected chi connectivity index (χ0v) is 14.2. The fraction of sp³-hybridized carbons (Fsp3) is 0.0588. The van der Waals surface area contributed by atoms with E-state index >= 15 is 0 Å². The van der Waals surface area contributed by atoms with Crippen LogP contribution >= 0.6 is 15.9 Å². The van der Waals surface area contributed by atoms with Gasteiger partial charge < -0.3 is 9.15 Å². The highest BCUT2D eigenvalue weighted by molar-refractivity contribution is 9.10. The van der Waals surface area contributed by atoms with E-state index in [9.17, 15) is 19.7 Å². The molecule has 0 spiro atoms. The number of ether oxygens (including phenoxy) is 1. The summed E-state index contributed by atoms with van der Waals surface area (Å²) in [5, 5.41) is 11.7. The van der Waals surface area contributed by atoms with Crippen LogP contribution in [0.5, 0.6) is 0 Å². The summed E-state index contributed by atoms with van der Waals surface area (Å²) in [5.74, 6) is -1.26. The van der Waals surface area contributed by atoms with Crippen LogP contribution in [0.4, 0.5) is 5.69 Å². The number of halogens is 1. The smallest absolute Gasteiger partial charge is 0.338 e. The highest BCUT2D eigenvalue weighted by Gasteiger charge is 2.19. The average molecular weight is 404 g/mol. The number of hydrogen-bond donors (Lipinski definition) is 0. The fourth-order valence-electron chi connectivity index (χ4n) is 2.18. The minimum Gasteiger partial charge on any atom is -0.454 e. The number of nitro benzene ring substituents is 1. The monoisotopic (exact) mass is 403 g/mol. The summed E-state index contributed by atoms with van der Waals surface area (Å²) in [5.41, 5.74) is 0.270. The number of rotatable bonds is 5. The van der Waals surface area contributed by atoms with Crippen LogP contribution in [0.15, 0.2) is 57.4 Å². The molecule has 8 heteroatoms. The van der Waals surface area contributed by atoms with Gasteiger partial charge in [-0.25, -0.2) is 4.79 Å². The second-order valence-electron chi connectivity index (χ2n) is 5.07. The number of Topliss-reactive ketones (excluding diaryl/α,β-unsaturated/α-hetero) is 1. The van der Waals surface area contributed by atoms with Crippen LogP contribution in [-0.4, -0.2) is 23.3 Å². The summed E-state index contributed by atoms with van der Waals surface area (Å²) in [7, 11) is 0. The lowest BCUT2D eigenvalue weighted by Gasteiger charge is -2.04. The zero-order valence-electron chi connectivity index (χ0n) is 12.6. The Kier molecular flexibility index (Phi) is 4.62. The van der Waals surface area contributed by atoms with Gasteiger partial charge >= 0.3 is 5.97 Å². The van der Waals surface area contributed by atoms with Gasteiger partial charge in [0, 0.05) is 11.5 Å². The second kappa shape index (κ2) is 6.86. The first kappa shape index (κ1) is 16.8. The predicted molar refractivity (Wildman–Crippen MR) is 91.6 cm³/mol. The van der Waals surface area contributed by atoms with E-state index in [4.69, 9.17) is 9.15 Å². The number of carbonyl (C=O) groups is 2. The Bertz CT molecular complexity index is 961. The van der Waals surface area contributed by atoms with Gasteiger partial charge in [-0.1, -0.05) is 18.2 Å². The minimum absolute atomic E-state index is 0.0210. The average Bonchev–Trinajstić information content (AvgIpc) is 3.03. The topological polar surface area (TPSA) is 99.7 Å². The van der Waals surface area contributed by atoms with Gasteiger partial charge in [0.15, 0.2) is 12.4 Å². The van der Waals surface area contributed by atoms with Crippen molar-refractivity contribution in [3.05, 3.63) is 74.4 Å². The van der Waals surface area contributed by atoms with Gasteiger partial charge in [0.1, 0.15) is 5.58 Å². The number of carbonyl (C=O) groups excluding carboxylic acids is 2. The first-order valence-corrected chi connectivity index (χ1v) is 7.88. The number of nitro groups is 1. The molecule has 0 N–H and O–H groups in total. The SMILES string of the molecule is O=C(OCC(=O)c1cc2ccccc2o1)c1ccc(Br)c([N+](=O)[O-])c1. The lowest BCUT2D eigenvalue weighted by Crippen LogP contribution is -2.14. The number of esters is 1. The molecule has 1 heterocycles. The lowest BCUT2D eigenvalue weighted by molar-refractivity contribution is -0.385. The molecule has 0 atom stereocenters. The molecule has 0 amide bonds. The van der Waals surface area contributed by atoms with E-state index in [-0.39, 0.29) is 21.5 Å². The maximum absolute atomic E-state index is 12.1. The third-order valence-electron chi connectivity index (χ3n) is 3.41. The van der Waals surface area contributed by atoms with Crippen molar-refractivity contribution in [3.8, 4) is 0 Å². The number of benzene rings is 2. The molecule has 0 fully saturated rings. The number of fused-ring (bicyclic) bond motifs is 1. The van der Waals surface area contributed by atoms with Gasteiger partial charge in [-0.3, -0.25) is 14.9 Å². The highest BCUT2D eigenvalue weighted by Crippen LogP contribution is 2.26. The van der Waals surface area contributed by atoms with Crippen LogP contribution < -0.4 is 0 Å². The van der Waals surface area contributed by atoms with Crippen LogP contribution in [-0.2, 0) is 4.74 Å². The van der Waals surface area contributed by atoms with Crippen molar-refractivity contribution in [1.82, 2.24) is 0 Å². The van der Waals surface area contributed by atoms with Crippen molar-refractivity contribution in [3.63, 3.8) is 0 Å². The maximum atomic E-state index is 12.1. The molecule has 25 heavy (non-hydrogen) atoms. The lowest BCUT2D eigenvalue weighted by atomic mass is 10.2. The van der Waals surface area contributed by atoms with Crippen LogP contribution in [0.3, 0.4) is 0 Å². The molecular weight excluding hydrogens is 394 g/mol. The van der Waals surface area contributed by atoms with Crippen molar-refractivity contribution in [2.75, 3.05) is 6.61 Å². The molecule has 126 valence electrons. The van der Waals surface area contributed by atoms with Crippen molar-refractivity contribution in [2.45, 2.75) is 0 Å². The third-order valence-corrected chi connectivity index (χ3v) is 4.08. The summed E-state index contributed by atoms with van der Waals surface area (Å²) in [6.07, 6.45) is 0. The maximum Gasteiger partial charge on any atom is 0.338 e. The second-order valence-corrected chi connectivity index (χ2v) is 5.93. The molecule has 0 radical (unpaired) electrons. The van der Waals surface area contributed by atoms with Crippen LogP contribution in [0.2, 0.25) is 0 Å². The minimum atomic E-state index is -0.833. The standard InChI is InChI=1S/C17H10BrNO6/c18-12-6-5-11(7-13(12)19(22)23)17(21)24-9-14(20)16-8-10-3-1-2-4-15(10)25-16/h1-8H,9H2. The summed E-state index contributed by atoms with van der Waals surface area (Å²) >= 11 is 3.03. The first-order valence-electron chi connectivity index (χ1n) is 7.08. The molecule has 0 saturated heterocycles. The quantitative estimate of drug-likeness (QED) is 0.274. The molecule has 7 nitrogen and oxygen atoms in total. The van der Waals surface area contributed by atoms with Crippen molar-refractivity contribution < 1.29 is 23.7 Å². The van der Waals surface area contributed by atoms with Gasteiger partial charge in [0.05, 0.1) is 15.0 Å². The number of furan rings is 1. The Morgan fingerprint density at radius 1 is 1.16 bits per heavy atom. The number of ketones is 1. The van der Waals surface area contributed by atoms with E-state index in [1.54, 1.807) is 24.3 Å². The molecule has 0 saturated carbocycles. The van der Waals surface area contributed by atoms with Gasteiger partial charge in [-0.2, -0.15) is 0 Å². The Morgan fingerprint density at radius 2 is 1.92 bits per heavy atom. The molecule has 0 aliphatic carbocycles. The zero-order chi connectivity index (χ0) is 18.0. The Balaban J connectivity index is 1.70. The van der Waals surface area contributed by atoms with E-state index in [2.05, 4.69) is 15.9 Å². The normalized spacial score (nSPS) is 10.6. The number of para-hydroxylation sites is 1. The summed E-state index contributed by atoms with van der Waals surface area (Å²) in [6, 6.07) is 12.5. The summed E-state index contributed by atoms with van der Waals surface area (Å²) in [6.45, 7) is -0.525. The first-order chi connectivity index (χ1) is 12.0. The molecule has 2 aromatic carbocycles. The fourth-order valence-corrected chi connectivity index (χ4v) is 2.58. The van der Waals surface area contributed by atoms with E-state index in [0.29, 0.717) is 5.58 Å². The Hall–Kier alpha value is -3.00. The van der Waals surface area contributed by atoms with Crippen LogP contribution in [0.25, 0.3) is 11.0 Å². The molecule has 1 aromatic heterocycles. The van der Waals surface area contributed by atoms with Crippen LogP contribution in [0.1, 0.15) is 20.9 Å². The Labute approximate surface area is 149 Å². The van der Waals surface area contributed by atoms with E-state index in [1.165, 1.54) is 12.1 Å². The van der Waals surface area contributed by atoms with Crippen molar-refractivity contribution >= 4 is 44.3 Å². The molecular formula is C17H10BrNO6. The summed E-state index contributed by atoms with van der Waals surface area (Å²) in [4.78, 5) is 34.4. The van der Waals surface area contributed by atoms with Crippen molar-refractivity contribution in [1.29, 1.82) is 0 Å². The molecule has 0 aliphatic rings. The molecule has 3 rings (SSSR count). The van der Waals surface area contributed by atoms with Gasteiger partial charge in [-0.05, 0) is 40.2 Å². The molecule has 0 unspecified atom stereocenters. The van der Waals surface area contributed by atoms with E-state index in [1.807, 2.05) is 6.07 Å².